The van der Waals surface area contributed by atoms with Crippen molar-refractivity contribution in [2.75, 3.05) is 26.4 Å². The molecule has 0 radical (unpaired) electrons. The van der Waals surface area contributed by atoms with Crippen LogP contribution >= 0.6 is 0 Å². The standard InChI is InChI=1S/C58H72O12/c1-17-65-49(61)43(50(62)66-18-2)41-37-23-33(53(5,6)7)21-31-27-58(69-45(31)37)30-36(56(14,15)16)26-40(48(58)60)42(44(51(63)67-19-3)52(64)68-20-4)38-24-34(54(8,9)10)22-32-28-57(70-46(32)38)29-35(55(11,12)13)25-39(41)47(57)59/h21-26,29-30,41-44H,17-20,27-28H2,1-16H3/t41?,42?,57-,58+. The highest BCUT2D eigenvalue weighted by molar-refractivity contribution is 6.12. The van der Waals surface area contributed by atoms with E-state index in [9.17, 15) is 19.2 Å². The molecule has 12 nitrogen and oxygen atoms in total. The quantitative estimate of drug-likeness (QED) is 0.126. The summed E-state index contributed by atoms with van der Waals surface area (Å²) in [5.74, 6) is -10.3. The molecule has 6 bridgehead atoms. The monoisotopic (exact) mass is 961 g/mol. The third kappa shape index (κ3) is 9.08. The van der Waals surface area contributed by atoms with Crippen LogP contribution < -0.4 is 9.47 Å². The fourth-order valence-electron chi connectivity index (χ4n) is 10.4. The number of hydrogen-bond acceptors (Lipinski definition) is 12. The number of Topliss-reactive ketones (excluding diaryl/α,β-unsaturated/α-hetero) is 2. The van der Waals surface area contributed by atoms with Crippen LogP contribution in [0.3, 0.4) is 0 Å². The van der Waals surface area contributed by atoms with Gasteiger partial charge in [-0.15, -0.1) is 0 Å². The number of ketones is 2. The van der Waals surface area contributed by atoms with Gasteiger partial charge in [0.2, 0.25) is 11.6 Å². The smallest absolute Gasteiger partial charge is 0.321 e. The summed E-state index contributed by atoms with van der Waals surface area (Å²) in [6, 6.07) is 7.69. The predicted molar refractivity (Wildman–Crippen MR) is 265 cm³/mol. The number of rotatable bonds is 10. The van der Waals surface area contributed by atoms with Crippen LogP contribution in [-0.2, 0) is 71.4 Å². The van der Waals surface area contributed by atoms with E-state index in [1.54, 1.807) is 39.8 Å². The first-order valence-corrected chi connectivity index (χ1v) is 24.8. The van der Waals surface area contributed by atoms with Crippen molar-refractivity contribution in [1.29, 1.82) is 0 Å². The molecule has 5 aliphatic rings. The Balaban J connectivity index is 1.73. The third-order valence-electron chi connectivity index (χ3n) is 14.2. The van der Waals surface area contributed by atoms with E-state index in [1.165, 1.54) is 0 Å². The van der Waals surface area contributed by atoms with Crippen molar-refractivity contribution in [3.8, 4) is 11.5 Å². The van der Waals surface area contributed by atoms with E-state index in [1.807, 2.05) is 120 Å². The first kappa shape index (κ1) is 52.1. The lowest BCUT2D eigenvalue weighted by molar-refractivity contribution is -0.164. The number of carbonyl (C=O) groups excluding carboxylic acids is 6. The van der Waals surface area contributed by atoms with Crippen molar-refractivity contribution in [2.45, 2.75) is 157 Å². The molecule has 0 saturated heterocycles. The zero-order valence-corrected chi connectivity index (χ0v) is 44.1. The Morgan fingerprint density at radius 3 is 1.07 bits per heavy atom. The minimum Gasteiger partial charge on any atom is -0.474 e. The van der Waals surface area contributed by atoms with Gasteiger partial charge in [0, 0.05) is 47.0 Å². The summed E-state index contributed by atoms with van der Waals surface area (Å²) >= 11 is 0. The fraction of sp³-hybridized carbons (Fsp3) is 0.552. The third-order valence-corrected chi connectivity index (χ3v) is 14.2. The molecule has 2 unspecified atom stereocenters. The molecule has 0 fully saturated rings. The van der Waals surface area contributed by atoms with Crippen molar-refractivity contribution in [3.63, 3.8) is 0 Å². The predicted octanol–water partition coefficient (Wildman–Crippen LogP) is 9.96. The number of benzene rings is 2. The van der Waals surface area contributed by atoms with Gasteiger partial charge in [-0.25, -0.2) is 0 Å². The first-order valence-electron chi connectivity index (χ1n) is 24.8. The number of hydrogen-bond donors (Lipinski definition) is 0. The maximum Gasteiger partial charge on any atom is 0.321 e. The van der Waals surface area contributed by atoms with Crippen LogP contribution in [0.5, 0.6) is 11.5 Å². The van der Waals surface area contributed by atoms with E-state index < -0.39 is 92.0 Å². The molecule has 2 aliphatic carbocycles. The molecule has 0 amide bonds. The van der Waals surface area contributed by atoms with E-state index in [4.69, 9.17) is 28.4 Å². The second-order valence-electron chi connectivity index (χ2n) is 23.4. The lowest BCUT2D eigenvalue weighted by atomic mass is 9.67. The Hall–Kier alpha value is -5.78. The molecule has 4 atom stereocenters. The Morgan fingerprint density at radius 2 is 0.814 bits per heavy atom. The summed E-state index contributed by atoms with van der Waals surface area (Å²) < 4.78 is 37.4. The summed E-state index contributed by atoms with van der Waals surface area (Å²) in [6.07, 6.45) is 7.13. The van der Waals surface area contributed by atoms with Crippen LogP contribution in [0.2, 0.25) is 0 Å². The van der Waals surface area contributed by atoms with E-state index >= 15 is 9.59 Å². The molecule has 3 aliphatic heterocycles. The van der Waals surface area contributed by atoms with Gasteiger partial charge in [0.25, 0.3) is 0 Å². The van der Waals surface area contributed by atoms with Crippen molar-refractivity contribution in [2.24, 2.45) is 22.7 Å². The number of allylic oxidation sites excluding steroid dienone is 4. The minimum atomic E-state index is -1.79. The molecule has 12 heteroatoms. The molecule has 0 aromatic heterocycles. The summed E-state index contributed by atoms with van der Waals surface area (Å²) in [4.78, 5) is 91.3. The summed E-state index contributed by atoms with van der Waals surface area (Å²) in [7, 11) is 0. The highest BCUT2D eigenvalue weighted by Crippen LogP contribution is 2.57. The first-order chi connectivity index (χ1) is 32.5. The lowest BCUT2D eigenvalue weighted by Crippen LogP contribution is -2.49. The van der Waals surface area contributed by atoms with Gasteiger partial charge in [0.15, 0.2) is 23.0 Å². The van der Waals surface area contributed by atoms with Gasteiger partial charge in [-0.1, -0.05) is 120 Å². The van der Waals surface area contributed by atoms with Gasteiger partial charge in [-0.2, -0.15) is 0 Å². The lowest BCUT2D eigenvalue weighted by Gasteiger charge is -2.39. The Morgan fingerprint density at radius 1 is 0.514 bits per heavy atom. The van der Waals surface area contributed by atoms with Crippen LogP contribution in [0.4, 0.5) is 0 Å². The summed E-state index contributed by atoms with van der Waals surface area (Å²) in [5, 5.41) is 0. The molecule has 0 saturated carbocycles. The highest BCUT2D eigenvalue weighted by Gasteiger charge is 2.59. The van der Waals surface area contributed by atoms with Crippen molar-refractivity contribution in [1.82, 2.24) is 0 Å². The molecule has 2 aromatic rings. The molecular formula is C58H72O12. The zero-order chi connectivity index (χ0) is 51.8. The van der Waals surface area contributed by atoms with E-state index in [0.717, 1.165) is 11.1 Å². The fourth-order valence-corrected chi connectivity index (χ4v) is 10.4. The average molecular weight is 961 g/mol. The summed E-state index contributed by atoms with van der Waals surface area (Å²) in [6.45, 7) is 30.5. The number of fused-ring (bicyclic) bond motifs is 2. The van der Waals surface area contributed by atoms with Gasteiger partial charge >= 0.3 is 23.9 Å². The maximum atomic E-state index is 16.3. The number of esters is 4. The van der Waals surface area contributed by atoms with Gasteiger partial charge < -0.3 is 28.4 Å². The number of carbonyl (C=O) groups is 6. The molecule has 7 rings (SSSR count). The molecule has 70 heavy (non-hydrogen) atoms. The topological polar surface area (TPSA) is 158 Å². The van der Waals surface area contributed by atoms with Crippen molar-refractivity contribution >= 4 is 35.4 Å². The van der Waals surface area contributed by atoms with Crippen molar-refractivity contribution < 1.29 is 57.2 Å². The van der Waals surface area contributed by atoms with Crippen molar-refractivity contribution in [3.05, 3.63) is 104 Å². The SMILES string of the molecule is CCOC(=O)C(C(=O)OCC)C1C2=CC(C(C)(C)C)=C[C@@]3(Cc4cc(C(C)(C)C)cc(c4O3)C(C(C(=O)OCC)C(=O)OCC)C3=CC(C(C)(C)C)=C[C@]4(Cc5cc(C(C)(C)C)cc1c5O4)C3=O)C2=O. The second-order valence-corrected chi connectivity index (χ2v) is 23.4. The minimum absolute atomic E-state index is 0.0118. The van der Waals surface area contributed by atoms with Gasteiger partial charge in [0.1, 0.15) is 11.5 Å². The van der Waals surface area contributed by atoms with Crippen LogP contribution in [0.25, 0.3) is 0 Å². The molecule has 0 N–H and O–H groups in total. The van der Waals surface area contributed by atoms with E-state index in [-0.39, 0.29) is 61.9 Å². The van der Waals surface area contributed by atoms with E-state index in [0.29, 0.717) is 33.4 Å². The normalized spacial score (nSPS) is 22.8. The van der Waals surface area contributed by atoms with Crippen LogP contribution in [-0.4, -0.2) is 73.1 Å². The van der Waals surface area contributed by atoms with Crippen LogP contribution in [0.15, 0.2) is 70.9 Å². The maximum absolute atomic E-state index is 16.3. The molecule has 2 spiro atoms. The molecular weight excluding hydrogens is 889 g/mol. The van der Waals surface area contributed by atoms with Crippen LogP contribution in [0, 0.1) is 22.7 Å². The molecule has 3 heterocycles. The second kappa shape index (κ2) is 18.1. The van der Waals surface area contributed by atoms with Gasteiger partial charge in [-0.05, 0) is 94.9 Å². The Bertz CT molecular complexity index is 2460. The van der Waals surface area contributed by atoms with Gasteiger partial charge in [0.05, 0.1) is 26.4 Å². The van der Waals surface area contributed by atoms with E-state index in [2.05, 4.69) is 0 Å². The highest BCUT2D eigenvalue weighted by atomic mass is 16.6. The molecule has 2 aromatic carbocycles. The largest absolute Gasteiger partial charge is 0.474 e. The van der Waals surface area contributed by atoms with Crippen LogP contribution in [0.1, 0.15) is 156 Å². The Labute approximate surface area is 413 Å². The number of ether oxygens (including phenoxy) is 6. The average Bonchev–Trinajstić information content (AvgIpc) is 3.81. The zero-order valence-electron chi connectivity index (χ0n) is 44.1. The molecule has 376 valence electrons. The van der Waals surface area contributed by atoms with Gasteiger partial charge in [-0.3, -0.25) is 28.8 Å². The Kier molecular flexibility index (Phi) is 13.5. The summed E-state index contributed by atoms with van der Waals surface area (Å²) in [5.41, 5.74) is -0.945.